The summed E-state index contributed by atoms with van der Waals surface area (Å²) >= 11 is 0. The van der Waals surface area contributed by atoms with Crippen LogP contribution in [0.4, 0.5) is 0 Å². The highest BCUT2D eigenvalue weighted by Gasteiger charge is 2.37. The zero-order valence-electron chi connectivity index (χ0n) is 15.9. The van der Waals surface area contributed by atoms with Gasteiger partial charge >= 0.3 is 20.2 Å². The summed E-state index contributed by atoms with van der Waals surface area (Å²) in [5.74, 6) is -1.32. The number of Topliss-reactive ketones (excluding diaryl/α,β-unsaturated/α-hetero) is 2. The van der Waals surface area contributed by atoms with E-state index >= 15 is 0 Å². The number of hydrogen-bond donors (Lipinski definition) is 0. The van der Waals surface area contributed by atoms with E-state index in [0.717, 1.165) is 39.5 Å². The minimum absolute atomic E-state index is 0.0154. The summed E-state index contributed by atoms with van der Waals surface area (Å²) in [6, 6.07) is 0. The number of rotatable bonds is 15. The van der Waals surface area contributed by atoms with E-state index in [4.69, 9.17) is 0 Å². The SMILES string of the molecule is CCCCCC(C(C)=O)S(=O)(=O)OOS(=O)(=O)C(CCCCC)C(C)=O. The van der Waals surface area contributed by atoms with Crippen molar-refractivity contribution >= 4 is 31.8 Å². The zero-order valence-corrected chi connectivity index (χ0v) is 17.5. The second kappa shape index (κ2) is 11.8. The topological polar surface area (TPSA) is 121 Å². The van der Waals surface area contributed by atoms with Crippen LogP contribution < -0.4 is 0 Å². The van der Waals surface area contributed by atoms with Gasteiger partial charge in [0, 0.05) is 0 Å². The van der Waals surface area contributed by atoms with Crippen molar-refractivity contribution in [1.29, 1.82) is 0 Å². The summed E-state index contributed by atoms with van der Waals surface area (Å²) in [6.07, 6.45) is 4.09. The van der Waals surface area contributed by atoms with Crippen LogP contribution in [0.5, 0.6) is 0 Å². The van der Waals surface area contributed by atoms with Crippen LogP contribution in [0.1, 0.15) is 79.1 Å². The molecule has 0 amide bonds. The fourth-order valence-electron chi connectivity index (χ4n) is 2.43. The standard InChI is InChI=1S/C16H30O8S2/c1-5-7-9-11-15(13(3)17)25(19,20)23-24-26(21,22)16(14(4)18)12-10-8-6-2/h15-16H,5-12H2,1-4H3. The molecule has 154 valence electrons. The van der Waals surface area contributed by atoms with E-state index in [9.17, 15) is 26.4 Å². The molecule has 0 N–H and O–H groups in total. The molecule has 2 atom stereocenters. The van der Waals surface area contributed by atoms with Crippen molar-refractivity contribution in [2.45, 2.75) is 89.6 Å². The lowest BCUT2D eigenvalue weighted by atomic mass is 10.1. The molecule has 0 aliphatic carbocycles. The smallest absolute Gasteiger partial charge is 0.298 e. The molecule has 0 saturated carbocycles. The van der Waals surface area contributed by atoms with E-state index < -0.39 is 42.3 Å². The maximum atomic E-state index is 12.1. The normalized spacial score (nSPS) is 14.8. The Hall–Kier alpha value is -0.840. The van der Waals surface area contributed by atoms with Crippen LogP contribution in [0.2, 0.25) is 0 Å². The Morgan fingerprint density at radius 2 is 1.00 bits per heavy atom. The highest BCUT2D eigenvalue weighted by molar-refractivity contribution is 7.90. The van der Waals surface area contributed by atoms with Crippen molar-refractivity contribution < 1.29 is 35.1 Å². The zero-order chi connectivity index (χ0) is 20.4. The molecule has 0 aromatic heterocycles. The Morgan fingerprint density at radius 1 is 0.692 bits per heavy atom. The first-order valence-electron chi connectivity index (χ1n) is 8.85. The predicted octanol–water partition coefficient (Wildman–Crippen LogP) is 2.67. The predicted molar refractivity (Wildman–Crippen MR) is 97.2 cm³/mol. The molecule has 0 aliphatic rings. The lowest BCUT2D eigenvalue weighted by Crippen LogP contribution is -2.34. The highest BCUT2D eigenvalue weighted by Crippen LogP contribution is 2.19. The molecule has 2 unspecified atom stereocenters. The molecule has 10 heteroatoms. The molecule has 0 aromatic carbocycles. The Labute approximate surface area is 156 Å². The first kappa shape index (κ1) is 25.2. The average Bonchev–Trinajstić information content (AvgIpc) is 2.53. The fourth-order valence-corrected chi connectivity index (χ4v) is 4.97. The summed E-state index contributed by atoms with van der Waals surface area (Å²) in [6.45, 7) is 6.03. The van der Waals surface area contributed by atoms with Crippen molar-refractivity contribution in [2.24, 2.45) is 0 Å². The second-order valence-electron chi connectivity index (χ2n) is 6.31. The van der Waals surface area contributed by atoms with E-state index in [-0.39, 0.29) is 12.8 Å². The van der Waals surface area contributed by atoms with Gasteiger partial charge in [0.25, 0.3) is 0 Å². The Morgan fingerprint density at radius 3 is 1.23 bits per heavy atom. The van der Waals surface area contributed by atoms with Crippen LogP contribution in [-0.4, -0.2) is 38.9 Å². The van der Waals surface area contributed by atoms with Crippen molar-refractivity contribution in [3.63, 3.8) is 0 Å². The van der Waals surface area contributed by atoms with E-state index in [1.54, 1.807) is 0 Å². The van der Waals surface area contributed by atoms with Gasteiger partial charge in [0.15, 0.2) is 0 Å². The van der Waals surface area contributed by atoms with E-state index in [0.29, 0.717) is 12.8 Å². The van der Waals surface area contributed by atoms with Gasteiger partial charge in [0.1, 0.15) is 22.1 Å². The summed E-state index contributed by atoms with van der Waals surface area (Å²) in [5, 5.41) is -3.00. The molecule has 0 rings (SSSR count). The van der Waals surface area contributed by atoms with Gasteiger partial charge in [0.2, 0.25) is 0 Å². The van der Waals surface area contributed by atoms with Gasteiger partial charge in [-0.2, -0.15) is 16.8 Å². The van der Waals surface area contributed by atoms with Crippen molar-refractivity contribution in [3.8, 4) is 0 Å². The molecule has 8 nitrogen and oxygen atoms in total. The maximum Gasteiger partial charge on any atom is 0.304 e. The Kier molecular flexibility index (Phi) is 11.4. The van der Waals surface area contributed by atoms with Gasteiger partial charge in [-0.25, -0.2) is 0 Å². The molecule has 26 heavy (non-hydrogen) atoms. The summed E-state index contributed by atoms with van der Waals surface area (Å²) in [4.78, 5) is 23.2. The van der Waals surface area contributed by atoms with Gasteiger partial charge < -0.3 is 0 Å². The van der Waals surface area contributed by atoms with Crippen LogP contribution in [0.15, 0.2) is 0 Å². The molecule has 0 bridgehead atoms. The number of carbonyl (C=O) groups excluding carboxylic acids is 2. The second-order valence-corrected chi connectivity index (χ2v) is 9.69. The minimum Gasteiger partial charge on any atom is -0.298 e. The summed E-state index contributed by atoms with van der Waals surface area (Å²) < 4.78 is 57.0. The summed E-state index contributed by atoms with van der Waals surface area (Å²) in [7, 11) is -9.16. The molecule has 0 heterocycles. The number of unbranched alkanes of at least 4 members (excludes halogenated alkanes) is 4. The average molecular weight is 415 g/mol. The molecule has 0 radical (unpaired) electrons. The van der Waals surface area contributed by atoms with Crippen molar-refractivity contribution in [3.05, 3.63) is 0 Å². The lowest BCUT2D eigenvalue weighted by molar-refractivity contribution is -0.121. The molecule has 0 aliphatic heterocycles. The monoisotopic (exact) mass is 414 g/mol. The molecular weight excluding hydrogens is 384 g/mol. The maximum absolute atomic E-state index is 12.1. The Balaban J connectivity index is 5.11. The van der Waals surface area contributed by atoms with Gasteiger partial charge in [-0.05, 0) is 26.7 Å². The van der Waals surface area contributed by atoms with Gasteiger partial charge in [-0.3, -0.25) is 9.59 Å². The third-order valence-corrected chi connectivity index (χ3v) is 7.09. The minimum atomic E-state index is -4.58. The Bertz CT molecular complexity index is 594. The van der Waals surface area contributed by atoms with Crippen LogP contribution in [0, 0.1) is 0 Å². The van der Waals surface area contributed by atoms with Crippen molar-refractivity contribution in [2.75, 3.05) is 0 Å². The first-order valence-corrected chi connectivity index (χ1v) is 11.8. The van der Waals surface area contributed by atoms with Crippen LogP contribution in [0.25, 0.3) is 0 Å². The summed E-state index contributed by atoms with van der Waals surface area (Å²) in [5.41, 5.74) is 0. The lowest BCUT2D eigenvalue weighted by Gasteiger charge is -2.16. The quantitative estimate of drug-likeness (QED) is 0.228. The van der Waals surface area contributed by atoms with Crippen LogP contribution in [-0.2, 0) is 38.5 Å². The van der Waals surface area contributed by atoms with Gasteiger partial charge in [-0.15, -0.1) is 0 Å². The third kappa shape index (κ3) is 8.70. The van der Waals surface area contributed by atoms with Crippen LogP contribution in [0.3, 0.4) is 0 Å². The fraction of sp³-hybridized carbons (Fsp3) is 0.875. The molecule has 0 saturated heterocycles. The molecule has 0 aromatic rings. The van der Waals surface area contributed by atoms with Gasteiger partial charge in [-0.1, -0.05) is 61.0 Å². The number of hydrogen-bond acceptors (Lipinski definition) is 8. The van der Waals surface area contributed by atoms with Gasteiger partial charge in [0.05, 0.1) is 0 Å². The first-order chi connectivity index (χ1) is 12.0. The third-order valence-electron chi connectivity index (χ3n) is 3.96. The van der Waals surface area contributed by atoms with E-state index in [2.05, 4.69) is 8.67 Å². The highest BCUT2D eigenvalue weighted by atomic mass is 32.2. The largest absolute Gasteiger partial charge is 0.304 e. The van der Waals surface area contributed by atoms with Crippen molar-refractivity contribution in [1.82, 2.24) is 0 Å². The molecule has 0 fully saturated rings. The van der Waals surface area contributed by atoms with E-state index in [1.807, 2.05) is 13.8 Å². The molecular formula is C16H30O8S2. The number of carbonyl (C=O) groups is 2. The number of ketones is 2. The van der Waals surface area contributed by atoms with E-state index in [1.165, 1.54) is 0 Å². The molecule has 0 spiro atoms. The van der Waals surface area contributed by atoms with Crippen LogP contribution >= 0.6 is 0 Å².